The summed E-state index contributed by atoms with van der Waals surface area (Å²) in [4.78, 5) is 0. The quantitative estimate of drug-likeness (QED) is 0.633. The first-order chi connectivity index (χ1) is 4.70. The molecule has 0 aromatic carbocycles. The Hall–Kier alpha value is -0.110. The van der Waals surface area contributed by atoms with Crippen molar-refractivity contribution in [1.29, 1.82) is 0 Å². The summed E-state index contributed by atoms with van der Waals surface area (Å²) < 4.78 is 12.3. The zero-order valence-electron chi connectivity index (χ0n) is 6.81. The Balaban J connectivity index is 3.26. The van der Waals surface area contributed by atoms with Crippen LogP contribution in [0, 0.1) is 5.92 Å². The zero-order valence-corrected chi connectivity index (χ0v) is 6.81. The number of aliphatic hydroxyl groups excluding tert-OH is 1. The van der Waals surface area contributed by atoms with Gasteiger partial charge in [-0.3, -0.25) is 0 Å². The Labute approximate surface area is 62.3 Å². The van der Waals surface area contributed by atoms with Gasteiger partial charge in [-0.05, 0) is 25.7 Å². The van der Waals surface area contributed by atoms with Crippen LogP contribution >= 0.6 is 0 Å². The van der Waals surface area contributed by atoms with E-state index in [0.29, 0.717) is 12.3 Å². The number of halogens is 1. The minimum Gasteiger partial charge on any atom is -0.396 e. The van der Waals surface area contributed by atoms with Gasteiger partial charge in [-0.15, -0.1) is 0 Å². The molecule has 0 spiro atoms. The molecule has 0 saturated carbocycles. The number of rotatable bonds is 5. The smallest absolute Gasteiger partial charge is 0.0973 e. The molecule has 62 valence electrons. The highest BCUT2D eigenvalue weighted by Gasteiger charge is 2.06. The number of hydrogen-bond donors (Lipinski definition) is 1. The van der Waals surface area contributed by atoms with E-state index < -0.39 is 6.17 Å². The van der Waals surface area contributed by atoms with Crippen molar-refractivity contribution in [3.05, 3.63) is 0 Å². The van der Waals surface area contributed by atoms with Gasteiger partial charge in [0.15, 0.2) is 0 Å². The second-order valence-corrected chi connectivity index (χ2v) is 2.81. The molecule has 0 fully saturated rings. The van der Waals surface area contributed by atoms with Gasteiger partial charge in [-0.2, -0.15) is 0 Å². The number of aliphatic hydroxyl groups is 1. The van der Waals surface area contributed by atoms with Gasteiger partial charge < -0.3 is 5.11 Å². The third-order valence-corrected chi connectivity index (χ3v) is 1.81. The SMILES string of the molecule is CCC(CO)CCC(C)F. The number of hydrogen-bond acceptors (Lipinski definition) is 1. The Morgan fingerprint density at radius 2 is 2.00 bits per heavy atom. The molecule has 1 nitrogen and oxygen atoms in total. The van der Waals surface area contributed by atoms with Gasteiger partial charge >= 0.3 is 0 Å². The van der Waals surface area contributed by atoms with Gasteiger partial charge in [-0.25, -0.2) is 4.39 Å². The third-order valence-electron chi connectivity index (χ3n) is 1.81. The molecule has 0 radical (unpaired) electrons. The van der Waals surface area contributed by atoms with Crippen LogP contribution in [0.15, 0.2) is 0 Å². The monoisotopic (exact) mass is 148 g/mol. The standard InChI is InChI=1S/C8H17FO/c1-3-8(6-10)5-4-7(2)9/h7-8,10H,3-6H2,1-2H3. The fraction of sp³-hybridized carbons (Fsp3) is 1.00. The van der Waals surface area contributed by atoms with Crippen molar-refractivity contribution in [2.75, 3.05) is 6.61 Å². The summed E-state index contributed by atoms with van der Waals surface area (Å²) in [5.74, 6) is 0.304. The molecule has 0 aliphatic rings. The second kappa shape index (κ2) is 5.66. The van der Waals surface area contributed by atoms with E-state index >= 15 is 0 Å². The summed E-state index contributed by atoms with van der Waals surface area (Å²) in [7, 11) is 0. The molecule has 1 N–H and O–H groups in total. The predicted octanol–water partition coefficient (Wildman–Crippen LogP) is 2.14. The Bertz CT molecular complexity index is 69.7. The van der Waals surface area contributed by atoms with Crippen LogP contribution < -0.4 is 0 Å². The minimum absolute atomic E-state index is 0.198. The molecule has 0 saturated heterocycles. The highest BCUT2D eigenvalue weighted by molar-refractivity contribution is 4.57. The first-order valence-corrected chi connectivity index (χ1v) is 3.95. The summed E-state index contributed by atoms with van der Waals surface area (Å²) in [6.07, 6.45) is 1.62. The minimum atomic E-state index is -0.722. The lowest BCUT2D eigenvalue weighted by Crippen LogP contribution is -2.06. The average Bonchev–Trinajstić information content (AvgIpc) is 1.90. The van der Waals surface area contributed by atoms with E-state index in [1.54, 1.807) is 6.92 Å². The Morgan fingerprint density at radius 1 is 1.40 bits per heavy atom. The fourth-order valence-corrected chi connectivity index (χ4v) is 0.890. The van der Waals surface area contributed by atoms with Crippen LogP contribution in [0.5, 0.6) is 0 Å². The van der Waals surface area contributed by atoms with Gasteiger partial charge in [0.2, 0.25) is 0 Å². The molecule has 0 aromatic rings. The molecule has 0 bridgehead atoms. The first-order valence-electron chi connectivity index (χ1n) is 3.95. The van der Waals surface area contributed by atoms with E-state index in [1.165, 1.54) is 0 Å². The average molecular weight is 148 g/mol. The van der Waals surface area contributed by atoms with Crippen LogP contribution in [0.4, 0.5) is 4.39 Å². The highest BCUT2D eigenvalue weighted by atomic mass is 19.1. The molecule has 10 heavy (non-hydrogen) atoms. The highest BCUT2D eigenvalue weighted by Crippen LogP contribution is 2.12. The molecule has 0 rings (SSSR count). The lowest BCUT2D eigenvalue weighted by atomic mass is 10.0. The molecule has 0 aliphatic heterocycles. The van der Waals surface area contributed by atoms with Crippen molar-refractivity contribution in [1.82, 2.24) is 0 Å². The van der Waals surface area contributed by atoms with E-state index in [-0.39, 0.29) is 6.61 Å². The van der Waals surface area contributed by atoms with Crippen molar-refractivity contribution in [2.24, 2.45) is 5.92 Å². The van der Waals surface area contributed by atoms with Gasteiger partial charge in [0.05, 0.1) is 6.17 Å². The molecular weight excluding hydrogens is 131 g/mol. The maximum absolute atomic E-state index is 12.3. The number of alkyl halides is 1. The van der Waals surface area contributed by atoms with E-state index in [9.17, 15) is 4.39 Å². The van der Waals surface area contributed by atoms with Crippen molar-refractivity contribution in [3.8, 4) is 0 Å². The summed E-state index contributed by atoms with van der Waals surface area (Å²) >= 11 is 0. The van der Waals surface area contributed by atoms with Gasteiger partial charge in [0.25, 0.3) is 0 Å². The predicted molar refractivity (Wildman–Crippen MR) is 40.7 cm³/mol. The van der Waals surface area contributed by atoms with Crippen LogP contribution in [-0.4, -0.2) is 17.9 Å². The lowest BCUT2D eigenvalue weighted by molar-refractivity contribution is 0.200. The maximum Gasteiger partial charge on any atom is 0.0973 e. The van der Waals surface area contributed by atoms with Crippen molar-refractivity contribution in [2.45, 2.75) is 39.3 Å². The van der Waals surface area contributed by atoms with Gasteiger partial charge in [-0.1, -0.05) is 13.3 Å². The normalized spacial score (nSPS) is 16.8. The third kappa shape index (κ3) is 4.74. The fourth-order valence-electron chi connectivity index (χ4n) is 0.890. The van der Waals surface area contributed by atoms with Gasteiger partial charge in [0.1, 0.15) is 0 Å². The topological polar surface area (TPSA) is 20.2 Å². The summed E-state index contributed by atoms with van der Waals surface area (Å²) in [6.45, 7) is 3.77. The molecule has 0 heterocycles. The summed E-state index contributed by atoms with van der Waals surface area (Å²) in [6, 6.07) is 0. The largest absolute Gasteiger partial charge is 0.396 e. The maximum atomic E-state index is 12.3. The summed E-state index contributed by atoms with van der Waals surface area (Å²) in [5, 5.41) is 8.72. The van der Waals surface area contributed by atoms with E-state index in [0.717, 1.165) is 12.8 Å². The zero-order chi connectivity index (χ0) is 7.98. The first kappa shape index (κ1) is 9.89. The van der Waals surface area contributed by atoms with Gasteiger partial charge in [0, 0.05) is 6.61 Å². The van der Waals surface area contributed by atoms with Crippen LogP contribution in [-0.2, 0) is 0 Å². The molecule has 2 unspecified atom stereocenters. The van der Waals surface area contributed by atoms with E-state index in [4.69, 9.17) is 5.11 Å². The van der Waals surface area contributed by atoms with Crippen LogP contribution in [0.2, 0.25) is 0 Å². The molecule has 2 atom stereocenters. The second-order valence-electron chi connectivity index (χ2n) is 2.81. The van der Waals surface area contributed by atoms with Crippen molar-refractivity contribution in [3.63, 3.8) is 0 Å². The molecule has 0 amide bonds. The Morgan fingerprint density at radius 3 is 2.30 bits per heavy atom. The van der Waals surface area contributed by atoms with Crippen LogP contribution in [0.25, 0.3) is 0 Å². The molecule has 2 heteroatoms. The lowest BCUT2D eigenvalue weighted by Gasteiger charge is -2.10. The van der Waals surface area contributed by atoms with E-state index in [1.807, 2.05) is 6.92 Å². The summed E-state index contributed by atoms with van der Waals surface area (Å²) in [5.41, 5.74) is 0. The van der Waals surface area contributed by atoms with Crippen molar-refractivity contribution < 1.29 is 9.50 Å². The van der Waals surface area contributed by atoms with Crippen LogP contribution in [0.3, 0.4) is 0 Å². The van der Waals surface area contributed by atoms with Crippen molar-refractivity contribution >= 4 is 0 Å². The molecular formula is C8H17FO. The Kier molecular flexibility index (Phi) is 5.60. The van der Waals surface area contributed by atoms with E-state index in [2.05, 4.69) is 0 Å². The molecule has 0 aromatic heterocycles. The van der Waals surface area contributed by atoms with Crippen LogP contribution in [0.1, 0.15) is 33.1 Å². The molecule has 0 aliphatic carbocycles.